The molecule has 5 nitrogen and oxygen atoms in total. The maximum Gasteiger partial charge on any atom is 0.416 e. The van der Waals surface area contributed by atoms with Crippen molar-refractivity contribution in [2.24, 2.45) is 5.92 Å². The summed E-state index contributed by atoms with van der Waals surface area (Å²) in [7, 11) is -3.60. The molecule has 1 N–H and O–H groups in total. The van der Waals surface area contributed by atoms with Crippen molar-refractivity contribution in [3.63, 3.8) is 0 Å². The fourth-order valence-corrected chi connectivity index (χ4v) is 5.60. The number of sulfonamides is 1. The number of piperidine rings is 1. The van der Waals surface area contributed by atoms with Gasteiger partial charge in [0.25, 0.3) is 0 Å². The molecule has 32 heavy (non-hydrogen) atoms. The lowest BCUT2D eigenvalue weighted by molar-refractivity contribution is -0.137. The van der Waals surface area contributed by atoms with Gasteiger partial charge in [-0.05, 0) is 62.4 Å². The Bertz CT molecular complexity index is 1060. The van der Waals surface area contributed by atoms with Gasteiger partial charge in [0.2, 0.25) is 15.9 Å². The highest BCUT2D eigenvalue weighted by molar-refractivity contribution is 7.89. The second-order valence-corrected chi connectivity index (χ2v) is 10.1. The molecule has 9 heteroatoms. The molecular weight excluding hydrogens is 441 g/mol. The van der Waals surface area contributed by atoms with Gasteiger partial charge in [-0.3, -0.25) is 4.79 Å². The molecule has 0 aliphatic carbocycles. The van der Waals surface area contributed by atoms with Gasteiger partial charge >= 0.3 is 6.18 Å². The SMILES string of the molecule is Cc1ccc(S(=O)(=O)N2CCC(C(=O)NCCc3ccc(C(F)(F)F)cc3)CC2)c(C)c1. The second kappa shape index (κ2) is 9.62. The van der Waals surface area contributed by atoms with E-state index in [9.17, 15) is 26.4 Å². The number of amides is 1. The number of nitrogens with one attached hydrogen (secondary N) is 1. The normalized spacial score (nSPS) is 16.2. The van der Waals surface area contributed by atoms with Crippen molar-refractivity contribution in [2.75, 3.05) is 19.6 Å². The van der Waals surface area contributed by atoms with Gasteiger partial charge in [-0.15, -0.1) is 0 Å². The predicted octanol–water partition coefficient (Wildman–Crippen LogP) is 4.08. The molecule has 0 atom stereocenters. The first kappa shape index (κ1) is 24.3. The molecule has 2 aromatic rings. The minimum Gasteiger partial charge on any atom is -0.356 e. The summed E-state index contributed by atoms with van der Waals surface area (Å²) in [5.74, 6) is -0.436. The summed E-state index contributed by atoms with van der Waals surface area (Å²) in [6.45, 7) is 4.53. The zero-order valence-corrected chi connectivity index (χ0v) is 18.9. The Morgan fingerprint density at radius 1 is 1.06 bits per heavy atom. The van der Waals surface area contributed by atoms with Gasteiger partial charge < -0.3 is 5.32 Å². The first-order chi connectivity index (χ1) is 15.0. The number of hydrogen-bond donors (Lipinski definition) is 1. The summed E-state index contributed by atoms with van der Waals surface area (Å²) < 4.78 is 65.2. The second-order valence-electron chi connectivity index (χ2n) is 8.18. The van der Waals surface area contributed by atoms with Crippen LogP contribution in [0.15, 0.2) is 47.4 Å². The number of alkyl halides is 3. The van der Waals surface area contributed by atoms with E-state index >= 15 is 0 Å². The molecule has 2 aromatic carbocycles. The topological polar surface area (TPSA) is 66.5 Å². The minimum atomic E-state index is -4.37. The van der Waals surface area contributed by atoms with Crippen molar-refractivity contribution in [3.8, 4) is 0 Å². The lowest BCUT2D eigenvalue weighted by atomic mass is 9.97. The van der Waals surface area contributed by atoms with E-state index in [1.807, 2.05) is 13.0 Å². The number of halogens is 3. The van der Waals surface area contributed by atoms with E-state index < -0.39 is 21.8 Å². The number of rotatable bonds is 6. The van der Waals surface area contributed by atoms with Crippen LogP contribution >= 0.6 is 0 Å². The lowest BCUT2D eigenvalue weighted by Crippen LogP contribution is -2.43. The molecule has 0 unspecified atom stereocenters. The first-order valence-corrected chi connectivity index (χ1v) is 11.9. The summed E-state index contributed by atoms with van der Waals surface area (Å²) in [5, 5.41) is 2.82. The number of aryl methyl sites for hydroxylation is 2. The Morgan fingerprint density at radius 2 is 1.69 bits per heavy atom. The number of carbonyl (C=O) groups excluding carboxylic acids is 1. The smallest absolute Gasteiger partial charge is 0.356 e. The summed E-state index contributed by atoms with van der Waals surface area (Å²) in [6, 6.07) is 10.1. The van der Waals surface area contributed by atoms with E-state index in [4.69, 9.17) is 0 Å². The summed E-state index contributed by atoms with van der Waals surface area (Å²) in [5.41, 5.74) is 1.70. The van der Waals surface area contributed by atoms with Crippen molar-refractivity contribution in [3.05, 3.63) is 64.7 Å². The van der Waals surface area contributed by atoms with Crippen LogP contribution in [-0.2, 0) is 27.4 Å². The third kappa shape index (κ3) is 5.69. The van der Waals surface area contributed by atoms with Crippen molar-refractivity contribution < 1.29 is 26.4 Å². The molecule has 1 fully saturated rings. The minimum absolute atomic E-state index is 0.152. The standard InChI is InChI=1S/C23H27F3N2O3S/c1-16-3-8-21(17(2)15-16)32(30,31)28-13-10-19(11-14-28)22(29)27-12-9-18-4-6-20(7-5-18)23(24,25)26/h3-8,15,19H,9-14H2,1-2H3,(H,27,29). The van der Waals surface area contributed by atoms with E-state index in [1.165, 1.54) is 16.4 Å². The van der Waals surface area contributed by atoms with Crippen LogP contribution in [0.2, 0.25) is 0 Å². The molecule has 1 aliphatic rings. The quantitative estimate of drug-likeness (QED) is 0.695. The van der Waals surface area contributed by atoms with Crippen LogP contribution in [0.5, 0.6) is 0 Å². The van der Waals surface area contributed by atoms with Gasteiger partial charge in [0.1, 0.15) is 0 Å². The van der Waals surface area contributed by atoms with Gasteiger partial charge in [0, 0.05) is 25.6 Å². The fraction of sp³-hybridized carbons (Fsp3) is 0.435. The molecule has 0 radical (unpaired) electrons. The van der Waals surface area contributed by atoms with Crippen molar-refractivity contribution in [1.29, 1.82) is 0 Å². The van der Waals surface area contributed by atoms with E-state index in [0.29, 0.717) is 41.8 Å². The molecule has 1 amide bonds. The Labute approximate surface area is 186 Å². The van der Waals surface area contributed by atoms with Crippen LogP contribution < -0.4 is 5.32 Å². The molecule has 0 aromatic heterocycles. The molecular formula is C23H27F3N2O3S. The first-order valence-electron chi connectivity index (χ1n) is 10.5. The largest absolute Gasteiger partial charge is 0.416 e. The lowest BCUT2D eigenvalue weighted by Gasteiger charge is -2.31. The van der Waals surface area contributed by atoms with Crippen molar-refractivity contribution in [1.82, 2.24) is 9.62 Å². The fourth-order valence-electron chi connectivity index (χ4n) is 3.92. The summed E-state index contributed by atoms with van der Waals surface area (Å²) in [6.07, 6.45) is -3.09. The van der Waals surface area contributed by atoms with Gasteiger partial charge in [-0.25, -0.2) is 8.42 Å². The van der Waals surface area contributed by atoms with Crippen LogP contribution in [0.4, 0.5) is 13.2 Å². The highest BCUT2D eigenvalue weighted by Gasteiger charge is 2.33. The molecule has 0 bridgehead atoms. The van der Waals surface area contributed by atoms with Crippen LogP contribution in [0, 0.1) is 19.8 Å². The number of carbonyl (C=O) groups is 1. The van der Waals surface area contributed by atoms with E-state index in [0.717, 1.165) is 17.7 Å². The van der Waals surface area contributed by atoms with E-state index in [1.54, 1.807) is 19.1 Å². The Balaban J connectivity index is 1.49. The molecule has 1 aliphatic heterocycles. The van der Waals surface area contributed by atoms with Crippen molar-refractivity contribution in [2.45, 2.75) is 44.2 Å². The number of nitrogens with zero attached hydrogens (tertiary/aromatic N) is 1. The predicted molar refractivity (Wildman–Crippen MR) is 116 cm³/mol. The van der Waals surface area contributed by atoms with Gasteiger partial charge in [0.15, 0.2) is 0 Å². The van der Waals surface area contributed by atoms with Crippen LogP contribution in [0.3, 0.4) is 0 Å². The summed E-state index contributed by atoms with van der Waals surface area (Å²) >= 11 is 0. The zero-order valence-electron chi connectivity index (χ0n) is 18.1. The Kier molecular flexibility index (Phi) is 7.29. The molecule has 0 saturated carbocycles. The van der Waals surface area contributed by atoms with Gasteiger partial charge in [-0.2, -0.15) is 17.5 Å². The Hall–Kier alpha value is -2.39. The molecule has 3 rings (SSSR count). The van der Waals surface area contributed by atoms with Crippen LogP contribution in [0.1, 0.15) is 35.1 Å². The van der Waals surface area contributed by atoms with Gasteiger partial charge in [0.05, 0.1) is 10.5 Å². The molecule has 174 valence electrons. The van der Waals surface area contributed by atoms with E-state index in [-0.39, 0.29) is 24.9 Å². The van der Waals surface area contributed by atoms with Crippen LogP contribution in [-0.4, -0.2) is 38.3 Å². The zero-order chi connectivity index (χ0) is 23.5. The molecule has 0 spiro atoms. The number of hydrogen-bond acceptors (Lipinski definition) is 3. The maximum absolute atomic E-state index is 13.0. The molecule has 1 heterocycles. The highest BCUT2D eigenvalue weighted by atomic mass is 32.2. The monoisotopic (exact) mass is 468 g/mol. The Morgan fingerprint density at radius 3 is 2.25 bits per heavy atom. The number of benzene rings is 2. The third-order valence-electron chi connectivity index (χ3n) is 5.77. The van der Waals surface area contributed by atoms with Crippen LogP contribution in [0.25, 0.3) is 0 Å². The van der Waals surface area contributed by atoms with Crippen molar-refractivity contribution >= 4 is 15.9 Å². The van der Waals surface area contributed by atoms with Gasteiger partial charge in [-0.1, -0.05) is 29.8 Å². The molecule has 1 saturated heterocycles. The highest BCUT2D eigenvalue weighted by Crippen LogP contribution is 2.29. The average Bonchev–Trinajstić information content (AvgIpc) is 2.73. The third-order valence-corrected chi connectivity index (χ3v) is 7.83. The average molecular weight is 469 g/mol. The van der Waals surface area contributed by atoms with E-state index in [2.05, 4.69) is 5.32 Å². The maximum atomic E-state index is 13.0. The summed E-state index contributed by atoms with van der Waals surface area (Å²) in [4.78, 5) is 12.8.